The van der Waals surface area contributed by atoms with Crippen molar-refractivity contribution in [2.24, 2.45) is 5.41 Å². The van der Waals surface area contributed by atoms with E-state index in [4.69, 9.17) is 42.5 Å². The lowest BCUT2D eigenvalue weighted by Gasteiger charge is -2.35. The van der Waals surface area contributed by atoms with E-state index in [0.29, 0.717) is 35.4 Å². The van der Waals surface area contributed by atoms with Crippen LogP contribution in [0.15, 0.2) is 120 Å². The molecule has 1 N–H and O–H groups in total. The third-order valence-corrected chi connectivity index (χ3v) is 11.2. The van der Waals surface area contributed by atoms with Gasteiger partial charge in [0.15, 0.2) is 0 Å². The van der Waals surface area contributed by atoms with E-state index < -0.39 is 11.8 Å². The number of anilines is 1. The minimum Gasteiger partial charge on any atom is -0.491 e. The number of allylic oxidation sites excluding steroid dienone is 9. The number of amides is 1. The van der Waals surface area contributed by atoms with Crippen molar-refractivity contribution < 1.29 is 28.9 Å². The number of ether oxygens (including phenoxy) is 3. The number of carbonyl (C=O) groups is 2. The monoisotopic (exact) mass is 830 g/mol. The molecule has 3 heterocycles. The third kappa shape index (κ3) is 12.4. The maximum atomic E-state index is 11.6. The van der Waals surface area contributed by atoms with Crippen LogP contribution in [-0.4, -0.2) is 76.9 Å². The van der Waals surface area contributed by atoms with Crippen LogP contribution in [-0.2, 0) is 31.4 Å². The van der Waals surface area contributed by atoms with E-state index in [2.05, 4.69) is 49.7 Å². The molecule has 2 saturated heterocycles. The second kappa shape index (κ2) is 20.4. The third-order valence-electron chi connectivity index (χ3n) is 10.6. The van der Waals surface area contributed by atoms with Crippen LogP contribution < -0.4 is 9.64 Å². The highest BCUT2D eigenvalue weighted by Gasteiger charge is 2.45. The van der Waals surface area contributed by atoms with Crippen LogP contribution in [0.25, 0.3) is 0 Å². The minimum absolute atomic E-state index is 0.129. The summed E-state index contributed by atoms with van der Waals surface area (Å²) in [6, 6.07) is 13.3. The van der Waals surface area contributed by atoms with Crippen molar-refractivity contribution in [2.75, 3.05) is 44.3 Å². The van der Waals surface area contributed by atoms with E-state index in [1.54, 1.807) is 44.6 Å². The fourth-order valence-corrected chi connectivity index (χ4v) is 8.02. The molecule has 12 heteroatoms. The van der Waals surface area contributed by atoms with Gasteiger partial charge in [-0.3, -0.25) is 4.79 Å². The lowest BCUT2D eigenvalue weighted by molar-refractivity contribution is -0.189. The number of hydrogen-bond acceptors (Lipinski definition) is 7. The molecule has 0 unspecified atom stereocenters. The van der Waals surface area contributed by atoms with Gasteiger partial charge in [0.2, 0.25) is 11.7 Å². The predicted molar refractivity (Wildman–Crippen MR) is 231 cm³/mol. The Morgan fingerprint density at radius 3 is 2.40 bits per heavy atom. The zero-order valence-corrected chi connectivity index (χ0v) is 35.9. The number of carbonyl (C=O) groups excluding carboxylic acids is 1. The smallest absolute Gasteiger partial charge is 0.328 e. The van der Waals surface area contributed by atoms with Gasteiger partial charge in [0.25, 0.3) is 0 Å². The van der Waals surface area contributed by atoms with Crippen molar-refractivity contribution in [3.05, 3.63) is 136 Å². The molecule has 2 aromatic carbocycles. The molecular formula is C46H56Cl2N4O6. The van der Waals surface area contributed by atoms with E-state index >= 15 is 0 Å². The maximum absolute atomic E-state index is 11.6. The van der Waals surface area contributed by atoms with Gasteiger partial charge < -0.3 is 33.7 Å². The van der Waals surface area contributed by atoms with Crippen LogP contribution in [0.5, 0.6) is 5.75 Å². The van der Waals surface area contributed by atoms with E-state index in [1.165, 1.54) is 36.5 Å². The number of imidazole rings is 1. The Bertz CT molecular complexity index is 2030. The highest BCUT2D eigenvalue weighted by atomic mass is 35.5. The summed E-state index contributed by atoms with van der Waals surface area (Å²) in [5.74, 6) is -1.11. The number of hydrogen-bond donors (Lipinski definition) is 1. The molecule has 58 heavy (non-hydrogen) atoms. The molecule has 3 aliphatic rings. The highest BCUT2D eigenvalue weighted by Crippen LogP contribution is 2.42. The summed E-state index contributed by atoms with van der Waals surface area (Å²) in [4.78, 5) is 30.4. The first-order chi connectivity index (χ1) is 27.6. The van der Waals surface area contributed by atoms with Crippen molar-refractivity contribution in [2.45, 2.75) is 79.2 Å². The van der Waals surface area contributed by atoms with Gasteiger partial charge in [-0.15, -0.1) is 0 Å². The largest absolute Gasteiger partial charge is 0.491 e. The second-order valence-corrected chi connectivity index (χ2v) is 16.6. The Hall–Kier alpha value is -4.61. The van der Waals surface area contributed by atoms with Gasteiger partial charge in [-0.05, 0) is 93.0 Å². The fourth-order valence-electron chi connectivity index (χ4n) is 7.47. The molecule has 0 bridgehead atoms. The van der Waals surface area contributed by atoms with Crippen molar-refractivity contribution >= 4 is 40.8 Å². The molecular weight excluding hydrogens is 775 g/mol. The SMILES string of the molecule is CC(=O)N1CCN(c2ccc(OC[C@H]3CO[C@](Cn4ccnc4)(c4ccc(Cl)cc4Cl)O3)cc2)CC1.CC1=C(/C=C/C(C)=C/C=C/C(C)=C/C(=O)O)C(C)(C)CCC1. The summed E-state index contributed by atoms with van der Waals surface area (Å²) in [5.41, 5.74) is 6.92. The van der Waals surface area contributed by atoms with Crippen LogP contribution in [0.3, 0.4) is 0 Å². The van der Waals surface area contributed by atoms with Crippen molar-refractivity contribution in [1.82, 2.24) is 14.5 Å². The molecule has 0 radical (unpaired) electrons. The predicted octanol–water partition coefficient (Wildman–Crippen LogP) is 9.81. The minimum atomic E-state index is -1.08. The van der Waals surface area contributed by atoms with Crippen LogP contribution >= 0.6 is 23.2 Å². The lowest BCUT2D eigenvalue weighted by atomic mass is 9.72. The number of piperazine rings is 1. The molecule has 1 amide bonds. The van der Waals surface area contributed by atoms with E-state index in [-0.39, 0.29) is 17.4 Å². The normalized spacial score (nSPS) is 21.4. The number of nitrogens with zero attached hydrogens (tertiary/aromatic N) is 4. The van der Waals surface area contributed by atoms with Crippen LogP contribution in [0.4, 0.5) is 5.69 Å². The zero-order valence-electron chi connectivity index (χ0n) is 34.4. The molecule has 3 aromatic rings. The zero-order chi connectivity index (χ0) is 41.9. The first-order valence-electron chi connectivity index (χ1n) is 19.7. The quantitative estimate of drug-likeness (QED) is 0.142. The van der Waals surface area contributed by atoms with E-state index in [9.17, 15) is 9.59 Å². The summed E-state index contributed by atoms with van der Waals surface area (Å²) in [6.07, 6.45) is 20.0. The number of halogens is 2. The molecule has 2 aliphatic heterocycles. The molecule has 10 nitrogen and oxygen atoms in total. The van der Waals surface area contributed by atoms with Gasteiger partial charge in [-0.1, -0.05) is 84.6 Å². The summed E-state index contributed by atoms with van der Waals surface area (Å²) in [7, 11) is 0. The van der Waals surface area contributed by atoms with Crippen LogP contribution in [0.2, 0.25) is 10.0 Å². The molecule has 0 spiro atoms. The molecule has 2 atom stereocenters. The lowest BCUT2D eigenvalue weighted by Crippen LogP contribution is -2.48. The highest BCUT2D eigenvalue weighted by molar-refractivity contribution is 6.35. The first kappa shape index (κ1) is 44.5. The Balaban J connectivity index is 0.000000251. The summed E-state index contributed by atoms with van der Waals surface area (Å²) < 4.78 is 20.6. The average molecular weight is 832 g/mol. The number of rotatable bonds is 12. The number of aliphatic carboxylic acids is 1. The topological polar surface area (TPSA) is 106 Å². The van der Waals surface area contributed by atoms with Gasteiger partial charge in [0.05, 0.1) is 24.5 Å². The molecule has 310 valence electrons. The Labute approximate surface area is 353 Å². The summed E-state index contributed by atoms with van der Waals surface area (Å²) in [5, 5.41) is 9.67. The van der Waals surface area contributed by atoms with Gasteiger partial charge >= 0.3 is 5.97 Å². The van der Waals surface area contributed by atoms with E-state index in [1.807, 2.05) is 58.1 Å². The van der Waals surface area contributed by atoms with Crippen molar-refractivity contribution in [3.63, 3.8) is 0 Å². The van der Waals surface area contributed by atoms with Crippen LogP contribution in [0.1, 0.15) is 66.4 Å². The summed E-state index contributed by atoms with van der Waals surface area (Å²) >= 11 is 12.7. The second-order valence-electron chi connectivity index (χ2n) is 15.7. The first-order valence-corrected chi connectivity index (χ1v) is 20.5. The van der Waals surface area contributed by atoms with Crippen molar-refractivity contribution in [3.8, 4) is 5.75 Å². The van der Waals surface area contributed by atoms with E-state index in [0.717, 1.165) is 48.8 Å². The van der Waals surface area contributed by atoms with Gasteiger partial charge in [-0.25, -0.2) is 9.78 Å². The molecule has 1 aliphatic carbocycles. The molecule has 1 aromatic heterocycles. The number of carboxylic acid groups (broad SMARTS) is 1. The number of carboxylic acids is 1. The van der Waals surface area contributed by atoms with Gasteiger partial charge in [0, 0.05) is 67.8 Å². The van der Waals surface area contributed by atoms with Gasteiger partial charge in [0.1, 0.15) is 18.5 Å². The van der Waals surface area contributed by atoms with Crippen molar-refractivity contribution in [1.29, 1.82) is 0 Å². The fraction of sp³-hybridized carbons (Fsp3) is 0.413. The Morgan fingerprint density at radius 1 is 1.02 bits per heavy atom. The number of aromatic nitrogens is 2. The molecule has 2 fully saturated rings. The number of benzene rings is 2. The van der Waals surface area contributed by atoms with Crippen LogP contribution in [0, 0.1) is 5.41 Å². The molecule has 0 saturated carbocycles. The maximum Gasteiger partial charge on any atom is 0.328 e. The average Bonchev–Trinajstić information content (AvgIpc) is 3.84. The Morgan fingerprint density at radius 2 is 1.76 bits per heavy atom. The standard InChI is InChI=1S/C26H28Cl2N4O4.C20H28O2/c1-19(33)31-10-12-32(13-11-31)21-3-5-22(6-4-21)34-15-23-16-35-26(36-23,17-30-9-8-29-18-30)24-7-2-20(27)14-25(24)28;1-15(8-6-9-16(2)14-19(21)22)11-12-18-17(3)10-7-13-20(18,4)5/h2-9,14,18,23H,10-13,15-17H2,1H3;6,8-9,11-12,14H,7,10,13H2,1-5H3,(H,21,22)/b;9-6+,12-11+,15-8+,16-14+/t23-,26-;/m0./s1. The molecule has 6 rings (SSSR count). The van der Waals surface area contributed by atoms with Gasteiger partial charge in [-0.2, -0.15) is 0 Å². The Kier molecular flexibility index (Phi) is 15.6. The summed E-state index contributed by atoms with van der Waals surface area (Å²) in [6.45, 7) is 16.5.